The number of carbonyl (C=O) groups excluding carboxylic acids is 1. The summed E-state index contributed by atoms with van der Waals surface area (Å²) < 4.78 is 5.17. The number of rotatable bonds is 6. The molecule has 0 saturated carbocycles. The Balaban J connectivity index is 1.70. The van der Waals surface area contributed by atoms with E-state index in [2.05, 4.69) is 15.6 Å². The van der Waals surface area contributed by atoms with Gasteiger partial charge in [0.15, 0.2) is 6.04 Å². The Morgan fingerprint density at radius 3 is 2.63 bits per heavy atom. The van der Waals surface area contributed by atoms with Gasteiger partial charge >= 0.3 is 5.97 Å². The first-order valence-electron chi connectivity index (χ1n) is 8.74. The van der Waals surface area contributed by atoms with Gasteiger partial charge in [-0.05, 0) is 26.0 Å². The van der Waals surface area contributed by atoms with Crippen LogP contribution in [-0.2, 0) is 9.59 Å². The number of aryl methyl sites for hydroxylation is 2. The minimum atomic E-state index is -1.02. The highest BCUT2D eigenvalue weighted by atomic mass is 16.5. The van der Waals surface area contributed by atoms with Crippen molar-refractivity contribution in [3.63, 3.8) is 0 Å². The van der Waals surface area contributed by atoms with Gasteiger partial charge in [0.2, 0.25) is 0 Å². The summed E-state index contributed by atoms with van der Waals surface area (Å²) >= 11 is 0. The normalized spacial score (nSPS) is 17.5. The van der Waals surface area contributed by atoms with Crippen molar-refractivity contribution in [2.24, 2.45) is 5.10 Å². The maximum absolute atomic E-state index is 12.5. The van der Waals surface area contributed by atoms with E-state index in [-0.39, 0.29) is 24.0 Å². The van der Waals surface area contributed by atoms with E-state index in [1.807, 2.05) is 26.8 Å². The van der Waals surface area contributed by atoms with Crippen LogP contribution in [0.4, 0.5) is 5.69 Å². The minimum absolute atomic E-state index is 0.0164. The number of nitrogens with one attached hydrogen (secondary N) is 1. The summed E-state index contributed by atoms with van der Waals surface area (Å²) in [6, 6.07) is 8.07. The van der Waals surface area contributed by atoms with E-state index in [1.54, 1.807) is 24.3 Å². The van der Waals surface area contributed by atoms with Crippen LogP contribution < -0.4 is 10.3 Å². The molecular weight excluding hydrogens is 348 g/mol. The molecule has 0 radical (unpaired) electrons. The van der Waals surface area contributed by atoms with Gasteiger partial charge in [-0.3, -0.25) is 9.80 Å². The van der Waals surface area contributed by atoms with Gasteiger partial charge < -0.3 is 14.9 Å². The Hall–Kier alpha value is -3.16. The molecule has 0 saturated heterocycles. The SMILES string of the molecule is Cc1noc(C)c1C(C)CNC(=O)C1=NN(c2ccccc2)C(C(=O)O)C1. The Morgan fingerprint density at radius 2 is 2.04 bits per heavy atom. The molecule has 8 nitrogen and oxygen atoms in total. The quantitative estimate of drug-likeness (QED) is 0.807. The molecule has 1 aromatic carbocycles. The van der Waals surface area contributed by atoms with Crippen LogP contribution in [0.25, 0.3) is 0 Å². The number of benzene rings is 1. The largest absolute Gasteiger partial charge is 0.480 e. The fourth-order valence-electron chi connectivity index (χ4n) is 3.30. The highest BCUT2D eigenvalue weighted by molar-refractivity contribution is 6.40. The van der Waals surface area contributed by atoms with Crippen molar-refractivity contribution in [1.29, 1.82) is 0 Å². The van der Waals surface area contributed by atoms with Crippen molar-refractivity contribution in [1.82, 2.24) is 10.5 Å². The minimum Gasteiger partial charge on any atom is -0.480 e. The average Bonchev–Trinajstić information content (AvgIpc) is 3.24. The van der Waals surface area contributed by atoms with Gasteiger partial charge in [0, 0.05) is 24.4 Å². The van der Waals surface area contributed by atoms with Gasteiger partial charge in [-0.1, -0.05) is 30.3 Å². The smallest absolute Gasteiger partial charge is 0.328 e. The zero-order valence-electron chi connectivity index (χ0n) is 15.5. The van der Waals surface area contributed by atoms with E-state index in [1.165, 1.54) is 5.01 Å². The van der Waals surface area contributed by atoms with Gasteiger partial charge in [0.05, 0.1) is 11.4 Å². The second kappa shape index (κ2) is 7.61. The number of anilines is 1. The Kier molecular flexibility index (Phi) is 5.25. The molecule has 142 valence electrons. The van der Waals surface area contributed by atoms with E-state index >= 15 is 0 Å². The van der Waals surface area contributed by atoms with Crippen LogP contribution in [0.2, 0.25) is 0 Å². The molecule has 3 rings (SSSR count). The zero-order valence-corrected chi connectivity index (χ0v) is 15.5. The molecule has 2 heterocycles. The summed E-state index contributed by atoms with van der Waals surface area (Å²) in [5, 5.41) is 21.9. The molecule has 0 bridgehead atoms. The molecule has 0 fully saturated rings. The lowest BCUT2D eigenvalue weighted by Gasteiger charge is -2.19. The molecule has 2 N–H and O–H groups in total. The lowest BCUT2D eigenvalue weighted by molar-refractivity contribution is -0.138. The van der Waals surface area contributed by atoms with E-state index in [4.69, 9.17) is 4.52 Å². The summed E-state index contributed by atoms with van der Waals surface area (Å²) in [6.45, 7) is 6.05. The molecule has 0 spiro atoms. The zero-order chi connectivity index (χ0) is 19.6. The number of carboxylic acids is 1. The molecule has 1 amide bonds. The van der Waals surface area contributed by atoms with Crippen molar-refractivity contribution in [2.75, 3.05) is 11.6 Å². The first kappa shape index (κ1) is 18.6. The highest BCUT2D eigenvalue weighted by Gasteiger charge is 2.36. The van der Waals surface area contributed by atoms with Crippen molar-refractivity contribution in [3.8, 4) is 0 Å². The number of hydrazone groups is 1. The predicted octanol–water partition coefficient (Wildman–Crippen LogP) is 2.23. The van der Waals surface area contributed by atoms with Gasteiger partial charge in [-0.15, -0.1) is 0 Å². The van der Waals surface area contributed by atoms with Crippen LogP contribution >= 0.6 is 0 Å². The number of hydrogen-bond donors (Lipinski definition) is 2. The number of amides is 1. The number of carboxylic acid groups (broad SMARTS) is 1. The molecule has 1 aromatic heterocycles. The molecule has 27 heavy (non-hydrogen) atoms. The topological polar surface area (TPSA) is 108 Å². The molecule has 1 aliphatic rings. The van der Waals surface area contributed by atoms with E-state index < -0.39 is 12.0 Å². The summed E-state index contributed by atoms with van der Waals surface area (Å²) in [7, 11) is 0. The molecule has 2 aromatic rings. The Bertz CT molecular complexity index is 856. The van der Waals surface area contributed by atoms with E-state index in [9.17, 15) is 14.7 Å². The van der Waals surface area contributed by atoms with Crippen LogP contribution in [0.1, 0.15) is 36.3 Å². The number of carbonyl (C=O) groups is 2. The van der Waals surface area contributed by atoms with Gasteiger partial charge in [-0.25, -0.2) is 4.79 Å². The summed E-state index contributed by atoms with van der Waals surface area (Å²) in [5.74, 6) is -0.635. The Labute approximate surface area is 156 Å². The van der Waals surface area contributed by atoms with E-state index in [0.717, 1.165) is 17.0 Å². The van der Waals surface area contributed by atoms with Gasteiger partial charge in [-0.2, -0.15) is 5.10 Å². The maximum atomic E-state index is 12.5. The van der Waals surface area contributed by atoms with Crippen molar-refractivity contribution < 1.29 is 19.2 Å². The second-order valence-corrected chi connectivity index (χ2v) is 6.63. The van der Waals surface area contributed by atoms with Gasteiger partial charge in [0.1, 0.15) is 11.5 Å². The molecule has 2 atom stereocenters. The fourth-order valence-corrected chi connectivity index (χ4v) is 3.30. The number of para-hydroxylation sites is 1. The number of aliphatic carboxylic acids is 1. The predicted molar refractivity (Wildman–Crippen MR) is 99.8 cm³/mol. The monoisotopic (exact) mass is 370 g/mol. The first-order chi connectivity index (χ1) is 12.9. The highest BCUT2D eigenvalue weighted by Crippen LogP contribution is 2.25. The molecule has 2 unspecified atom stereocenters. The van der Waals surface area contributed by atoms with Crippen LogP contribution in [-0.4, -0.2) is 40.4 Å². The third-order valence-corrected chi connectivity index (χ3v) is 4.63. The van der Waals surface area contributed by atoms with Crippen LogP contribution in [0, 0.1) is 13.8 Å². The van der Waals surface area contributed by atoms with Crippen LogP contribution in [0.5, 0.6) is 0 Å². The summed E-state index contributed by atoms with van der Waals surface area (Å²) in [4.78, 5) is 24.1. The Morgan fingerprint density at radius 1 is 1.33 bits per heavy atom. The number of aromatic nitrogens is 1. The summed E-state index contributed by atoms with van der Waals surface area (Å²) in [5.41, 5.74) is 2.61. The lowest BCUT2D eigenvalue weighted by atomic mass is 9.99. The lowest BCUT2D eigenvalue weighted by Crippen LogP contribution is -2.36. The average molecular weight is 370 g/mol. The van der Waals surface area contributed by atoms with Crippen molar-refractivity contribution >= 4 is 23.3 Å². The fraction of sp³-hybridized carbons (Fsp3) is 0.368. The van der Waals surface area contributed by atoms with Crippen LogP contribution in [0.15, 0.2) is 40.0 Å². The maximum Gasteiger partial charge on any atom is 0.328 e. The third-order valence-electron chi connectivity index (χ3n) is 4.63. The standard InChI is InChI=1S/C19H22N4O4/c1-11(17-12(2)22-27-13(17)3)10-20-18(24)15-9-16(19(25)26)23(21-15)14-7-5-4-6-8-14/h4-8,11,16H,9-10H2,1-3H3,(H,20,24)(H,25,26). The number of nitrogens with zero attached hydrogens (tertiary/aromatic N) is 3. The second-order valence-electron chi connectivity index (χ2n) is 6.63. The van der Waals surface area contributed by atoms with Crippen molar-refractivity contribution in [3.05, 3.63) is 47.3 Å². The molecule has 8 heteroatoms. The van der Waals surface area contributed by atoms with Gasteiger partial charge in [0.25, 0.3) is 5.91 Å². The summed E-state index contributed by atoms with van der Waals surface area (Å²) in [6.07, 6.45) is 0.0514. The first-order valence-corrected chi connectivity index (χ1v) is 8.74. The van der Waals surface area contributed by atoms with E-state index in [0.29, 0.717) is 12.2 Å². The molecule has 1 aliphatic heterocycles. The number of hydrogen-bond acceptors (Lipinski definition) is 6. The van der Waals surface area contributed by atoms with Crippen LogP contribution in [0.3, 0.4) is 0 Å². The molecular formula is C19H22N4O4. The molecule has 0 aliphatic carbocycles. The van der Waals surface area contributed by atoms with Crippen molar-refractivity contribution in [2.45, 2.75) is 39.2 Å². The third kappa shape index (κ3) is 3.84.